The second-order valence-electron chi connectivity index (χ2n) is 3.19. The Morgan fingerprint density at radius 3 is 2.71 bits per heavy atom. The molecule has 3 nitrogen and oxygen atoms in total. The summed E-state index contributed by atoms with van der Waals surface area (Å²) in [5, 5.41) is 18.9. The Labute approximate surface area is 103 Å². The van der Waals surface area contributed by atoms with Crippen LogP contribution in [0.15, 0.2) is 53.3 Å². The fourth-order valence-corrected chi connectivity index (χ4v) is 1.16. The van der Waals surface area contributed by atoms with E-state index < -0.39 is 6.23 Å². The Kier molecular flexibility index (Phi) is 7.72. The van der Waals surface area contributed by atoms with Gasteiger partial charge in [0.25, 0.3) is 0 Å². The normalized spacial score (nSPS) is 19.6. The van der Waals surface area contributed by atoms with E-state index in [1.807, 2.05) is 20.8 Å². The van der Waals surface area contributed by atoms with Gasteiger partial charge in [-0.15, -0.1) is 0 Å². The van der Waals surface area contributed by atoms with Gasteiger partial charge in [-0.1, -0.05) is 38.7 Å². The average molecular weight is 235 g/mol. The number of nitrogens with zero attached hydrogens (tertiary/aromatic N) is 1. The molecule has 0 spiro atoms. The predicted octanol–water partition coefficient (Wildman–Crippen LogP) is 3.31. The Bertz CT molecular complexity index is 362. The van der Waals surface area contributed by atoms with E-state index in [0.717, 1.165) is 0 Å². The zero-order valence-corrected chi connectivity index (χ0v) is 10.7. The van der Waals surface area contributed by atoms with Crippen LogP contribution in [0.5, 0.6) is 0 Å². The van der Waals surface area contributed by atoms with Gasteiger partial charge in [-0.25, -0.2) is 0 Å². The van der Waals surface area contributed by atoms with E-state index in [1.165, 1.54) is 0 Å². The smallest absolute Gasteiger partial charge is 0.149 e. The number of rotatable bonds is 3. The van der Waals surface area contributed by atoms with E-state index in [0.29, 0.717) is 17.7 Å². The van der Waals surface area contributed by atoms with Gasteiger partial charge in [0.2, 0.25) is 0 Å². The standard InChI is InChI=1S/C12H15NO2.C2H6/c1-3-4-7-11(14)9(2)10-6-5-8-12(15)13-10;1-2/h3-7,12,14-15H,2,8H2,1H3;1-2H3/b4-3-,11-7+;. The molecule has 1 aliphatic rings. The summed E-state index contributed by atoms with van der Waals surface area (Å²) < 4.78 is 0. The molecular formula is C14H21NO2. The maximum atomic E-state index is 9.60. The minimum absolute atomic E-state index is 0.0607. The predicted molar refractivity (Wildman–Crippen MR) is 73.2 cm³/mol. The van der Waals surface area contributed by atoms with Crippen LogP contribution in [-0.4, -0.2) is 22.2 Å². The minimum Gasteiger partial charge on any atom is -0.507 e. The molecule has 3 heteroatoms. The molecule has 1 rings (SSSR count). The molecule has 0 bridgehead atoms. The number of hydrogen-bond donors (Lipinski definition) is 2. The van der Waals surface area contributed by atoms with Gasteiger partial charge in [0.05, 0.1) is 5.71 Å². The first kappa shape index (κ1) is 15.4. The lowest BCUT2D eigenvalue weighted by molar-refractivity contribution is 0.187. The summed E-state index contributed by atoms with van der Waals surface area (Å²) in [5.41, 5.74) is 0.940. The molecule has 1 unspecified atom stereocenters. The maximum Gasteiger partial charge on any atom is 0.149 e. The number of dihydropyridines is 1. The van der Waals surface area contributed by atoms with Crippen LogP contribution in [0.2, 0.25) is 0 Å². The second-order valence-corrected chi connectivity index (χ2v) is 3.19. The van der Waals surface area contributed by atoms with Crippen LogP contribution >= 0.6 is 0 Å². The Morgan fingerprint density at radius 1 is 1.53 bits per heavy atom. The van der Waals surface area contributed by atoms with Crippen molar-refractivity contribution in [3.8, 4) is 0 Å². The van der Waals surface area contributed by atoms with Crippen LogP contribution in [0, 0.1) is 0 Å². The van der Waals surface area contributed by atoms with Crippen LogP contribution < -0.4 is 0 Å². The lowest BCUT2D eigenvalue weighted by Gasteiger charge is -2.12. The molecule has 1 atom stereocenters. The number of aliphatic hydroxyl groups is 2. The van der Waals surface area contributed by atoms with Crippen LogP contribution in [0.25, 0.3) is 0 Å². The number of aliphatic imine (C=N–C) groups is 1. The van der Waals surface area contributed by atoms with E-state index in [4.69, 9.17) is 0 Å². The molecular weight excluding hydrogens is 214 g/mol. The molecule has 0 fully saturated rings. The molecule has 0 aromatic carbocycles. The SMILES string of the molecule is C=C(C1=NC(O)CC=C1)/C(O)=C\C=C/C.CC. The lowest BCUT2D eigenvalue weighted by atomic mass is 10.1. The third-order valence-electron chi connectivity index (χ3n) is 1.98. The summed E-state index contributed by atoms with van der Waals surface area (Å²) in [6.07, 6.45) is 8.39. The summed E-state index contributed by atoms with van der Waals surface area (Å²) in [6.45, 7) is 9.58. The van der Waals surface area contributed by atoms with Crippen molar-refractivity contribution >= 4 is 5.71 Å². The van der Waals surface area contributed by atoms with Crippen molar-refractivity contribution in [3.63, 3.8) is 0 Å². The molecule has 0 aromatic heterocycles. The van der Waals surface area contributed by atoms with Gasteiger partial charge in [-0.05, 0) is 19.1 Å². The van der Waals surface area contributed by atoms with Crippen molar-refractivity contribution in [1.29, 1.82) is 0 Å². The number of aliphatic hydroxyl groups excluding tert-OH is 2. The summed E-state index contributed by atoms with van der Waals surface area (Å²) in [7, 11) is 0. The fourth-order valence-electron chi connectivity index (χ4n) is 1.16. The zero-order valence-electron chi connectivity index (χ0n) is 10.7. The van der Waals surface area contributed by atoms with E-state index in [1.54, 1.807) is 30.4 Å². The number of allylic oxidation sites excluding steroid dienone is 5. The van der Waals surface area contributed by atoms with Crippen LogP contribution in [-0.2, 0) is 0 Å². The summed E-state index contributed by atoms with van der Waals surface area (Å²) in [5.74, 6) is 0.0607. The quantitative estimate of drug-likeness (QED) is 0.582. The van der Waals surface area contributed by atoms with Gasteiger partial charge in [-0.2, -0.15) is 0 Å². The average Bonchev–Trinajstić information content (AvgIpc) is 2.37. The highest BCUT2D eigenvalue weighted by Gasteiger charge is 2.11. The van der Waals surface area contributed by atoms with Crippen molar-refractivity contribution in [2.75, 3.05) is 0 Å². The Hall–Kier alpha value is -1.61. The zero-order chi connectivity index (χ0) is 13.3. The first-order chi connectivity index (χ1) is 8.15. The van der Waals surface area contributed by atoms with Gasteiger partial charge in [-0.3, -0.25) is 4.99 Å². The topological polar surface area (TPSA) is 52.8 Å². The first-order valence-corrected chi connectivity index (χ1v) is 5.79. The van der Waals surface area contributed by atoms with Crippen molar-refractivity contribution in [3.05, 3.63) is 48.3 Å². The summed E-state index contributed by atoms with van der Waals surface area (Å²) in [6, 6.07) is 0. The molecule has 94 valence electrons. The molecule has 0 amide bonds. The van der Waals surface area contributed by atoms with Gasteiger partial charge in [0.15, 0.2) is 0 Å². The molecule has 1 aliphatic heterocycles. The lowest BCUT2D eigenvalue weighted by Crippen LogP contribution is -2.12. The highest BCUT2D eigenvalue weighted by atomic mass is 16.3. The Morgan fingerprint density at radius 2 is 2.18 bits per heavy atom. The van der Waals surface area contributed by atoms with Crippen molar-refractivity contribution < 1.29 is 10.2 Å². The van der Waals surface area contributed by atoms with Crippen LogP contribution in [0.1, 0.15) is 27.2 Å². The highest BCUT2D eigenvalue weighted by molar-refractivity contribution is 6.10. The Balaban J connectivity index is 0.00000121. The second kappa shape index (κ2) is 8.53. The fraction of sp³-hybridized carbons (Fsp3) is 0.357. The van der Waals surface area contributed by atoms with Crippen LogP contribution in [0.3, 0.4) is 0 Å². The minimum atomic E-state index is -0.726. The van der Waals surface area contributed by atoms with Crippen LogP contribution in [0.4, 0.5) is 0 Å². The van der Waals surface area contributed by atoms with Gasteiger partial charge in [0.1, 0.15) is 12.0 Å². The van der Waals surface area contributed by atoms with Crippen molar-refractivity contribution in [2.24, 2.45) is 4.99 Å². The van der Waals surface area contributed by atoms with Gasteiger partial charge < -0.3 is 10.2 Å². The molecule has 1 heterocycles. The molecule has 0 radical (unpaired) electrons. The third-order valence-corrected chi connectivity index (χ3v) is 1.98. The molecule has 0 saturated carbocycles. The van der Waals surface area contributed by atoms with E-state index >= 15 is 0 Å². The summed E-state index contributed by atoms with van der Waals surface area (Å²) in [4.78, 5) is 3.97. The maximum absolute atomic E-state index is 9.60. The molecule has 0 saturated heterocycles. The van der Waals surface area contributed by atoms with Gasteiger partial charge >= 0.3 is 0 Å². The molecule has 0 aliphatic carbocycles. The third kappa shape index (κ3) is 5.31. The van der Waals surface area contributed by atoms with Gasteiger partial charge in [0, 0.05) is 12.0 Å². The van der Waals surface area contributed by atoms with Crippen molar-refractivity contribution in [1.82, 2.24) is 0 Å². The van der Waals surface area contributed by atoms with E-state index in [9.17, 15) is 10.2 Å². The van der Waals surface area contributed by atoms with E-state index in [2.05, 4.69) is 11.6 Å². The molecule has 17 heavy (non-hydrogen) atoms. The molecule has 0 aromatic rings. The van der Waals surface area contributed by atoms with Crippen molar-refractivity contribution in [2.45, 2.75) is 33.4 Å². The molecule has 2 N–H and O–H groups in total. The van der Waals surface area contributed by atoms with E-state index in [-0.39, 0.29) is 5.76 Å². The monoisotopic (exact) mass is 235 g/mol. The highest BCUT2D eigenvalue weighted by Crippen LogP contribution is 2.13. The number of hydrogen-bond acceptors (Lipinski definition) is 3. The summed E-state index contributed by atoms with van der Waals surface area (Å²) >= 11 is 0. The largest absolute Gasteiger partial charge is 0.507 e. The first-order valence-electron chi connectivity index (χ1n) is 5.79.